The minimum Gasteiger partial charge on any atom is -0.508 e. The number of aromatic hydroxyl groups is 1. The van der Waals surface area contributed by atoms with Crippen molar-refractivity contribution in [1.82, 2.24) is 0 Å². The van der Waals surface area contributed by atoms with Crippen molar-refractivity contribution >= 4 is 0 Å². The monoisotopic (exact) mass is 374 g/mol. The maximum Gasteiger partial charge on any atom is 0.203 e. The molecule has 2 aromatic rings. The van der Waals surface area contributed by atoms with Crippen LogP contribution in [-0.2, 0) is 0 Å². The molecule has 2 rings (SSSR count). The predicted octanol–water partition coefficient (Wildman–Crippen LogP) is 6.13. The molecule has 27 heavy (non-hydrogen) atoms. The van der Waals surface area contributed by atoms with Gasteiger partial charge in [-0.25, -0.2) is 0 Å². The fraction of sp³-hybridized carbons (Fsp3) is 0.478. The Bertz CT molecular complexity index is 654. The van der Waals surface area contributed by atoms with Gasteiger partial charge in [0.15, 0.2) is 11.5 Å². The maximum atomic E-state index is 9.01. The Morgan fingerprint density at radius 2 is 1.19 bits per heavy atom. The fourth-order valence-electron chi connectivity index (χ4n) is 2.66. The molecule has 0 radical (unpaired) electrons. The highest BCUT2D eigenvalue weighted by molar-refractivity contribution is 5.54. The molecule has 4 nitrogen and oxygen atoms in total. The standard InChI is InChI=1S/C13H20O3.C10H14O/c1-6-9(2)10-7-11(14-3)13(16-5)12(8-10)15-4;1-3-8(2)9-4-6-10(11)7-5-9/h7-9H,6H2,1-5H3;4-8,11H,3H2,1-2H3. The first kappa shape index (κ1) is 22.7. The zero-order chi connectivity index (χ0) is 20.4. The van der Waals surface area contributed by atoms with E-state index in [0.717, 1.165) is 24.3 Å². The van der Waals surface area contributed by atoms with Crippen molar-refractivity contribution in [2.75, 3.05) is 21.3 Å². The number of rotatable bonds is 7. The van der Waals surface area contributed by atoms with E-state index in [9.17, 15) is 0 Å². The molecular formula is C23H34O4. The summed E-state index contributed by atoms with van der Waals surface area (Å²) >= 11 is 0. The Balaban J connectivity index is 0.000000289. The van der Waals surface area contributed by atoms with Crippen LogP contribution in [-0.4, -0.2) is 26.4 Å². The SMILES string of the molecule is CCC(C)c1cc(OC)c(OC)c(OC)c1.CCC(C)c1ccc(O)cc1. The molecule has 0 heterocycles. The Morgan fingerprint density at radius 1 is 0.741 bits per heavy atom. The molecule has 0 aliphatic rings. The number of ether oxygens (including phenoxy) is 3. The van der Waals surface area contributed by atoms with Crippen molar-refractivity contribution < 1.29 is 19.3 Å². The third-order valence-electron chi connectivity index (χ3n) is 4.94. The lowest BCUT2D eigenvalue weighted by atomic mass is 9.98. The third-order valence-corrected chi connectivity index (χ3v) is 4.94. The van der Waals surface area contributed by atoms with Gasteiger partial charge in [0.05, 0.1) is 21.3 Å². The van der Waals surface area contributed by atoms with Crippen LogP contribution < -0.4 is 14.2 Å². The largest absolute Gasteiger partial charge is 0.508 e. The van der Waals surface area contributed by atoms with Crippen LogP contribution in [0.4, 0.5) is 0 Å². The molecule has 2 atom stereocenters. The lowest BCUT2D eigenvalue weighted by molar-refractivity contribution is 0.323. The Labute approximate surface area is 164 Å². The number of hydrogen-bond acceptors (Lipinski definition) is 4. The number of methoxy groups -OCH3 is 3. The van der Waals surface area contributed by atoms with Gasteiger partial charge in [0.25, 0.3) is 0 Å². The van der Waals surface area contributed by atoms with Crippen molar-refractivity contribution in [3.8, 4) is 23.0 Å². The highest BCUT2D eigenvalue weighted by atomic mass is 16.5. The predicted molar refractivity (Wildman–Crippen MR) is 112 cm³/mol. The topological polar surface area (TPSA) is 47.9 Å². The van der Waals surface area contributed by atoms with Crippen molar-refractivity contribution in [3.63, 3.8) is 0 Å². The van der Waals surface area contributed by atoms with E-state index in [1.165, 1.54) is 11.1 Å². The van der Waals surface area contributed by atoms with E-state index < -0.39 is 0 Å². The van der Waals surface area contributed by atoms with Crippen LogP contribution >= 0.6 is 0 Å². The molecule has 0 saturated carbocycles. The summed E-state index contributed by atoms with van der Waals surface area (Å²) in [6.45, 7) is 8.69. The van der Waals surface area contributed by atoms with E-state index in [2.05, 4.69) is 27.7 Å². The van der Waals surface area contributed by atoms with Crippen LogP contribution in [0.2, 0.25) is 0 Å². The van der Waals surface area contributed by atoms with Gasteiger partial charge in [-0.15, -0.1) is 0 Å². The molecule has 0 aliphatic heterocycles. The lowest BCUT2D eigenvalue weighted by Crippen LogP contribution is -1.99. The van der Waals surface area contributed by atoms with Gasteiger partial charge in [-0.05, 0) is 60.1 Å². The molecule has 0 saturated heterocycles. The molecule has 0 bridgehead atoms. The van der Waals surface area contributed by atoms with Crippen LogP contribution in [0.1, 0.15) is 63.5 Å². The third kappa shape index (κ3) is 6.38. The molecule has 2 unspecified atom stereocenters. The van der Waals surface area contributed by atoms with Crippen molar-refractivity contribution in [3.05, 3.63) is 47.5 Å². The zero-order valence-corrected chi connectivity index (χ0v) is 17.7. The van der Waals surface area contributed by atoms with Crippen molar-refractivity contribution in [2.45, 2.75) is 52.4 Å². The molecule has 0 amide bonds. The highest BCUT2D eigenvalue weighted by Crippen LogP contribution is 2.40. The minimum atomic E-state index is 0.344. The van der Waals surface area contributed by atoms with Gasteiger partial charge in [-0.2, -0.15) is 0 Å². The summed E-state index contributed by atoms with van der Waals surface area (Å²) in [6.07, 6.45) is 2.23. The van der Waals surface area contributed by atoms with Crippen LogP contribution in [0.3, 0.4) is 0 Å². The Hall–Kier alpha value is -2.36. The molecule has 0 spiro atoms. The summed E-state index contributed by atoms with van der Waals surface area (Å²) in [5.41, 5.74) is 2.50. The van der Waals surface area contributed by atoms with E-state index >= 15 is 0 Å². The van der Waals surface area contributed by atoms with Gasteiger partial charge >= 0.3 is 0 Å². The fourth-order valence-corrected chi connectivity index (χ4v) is 2.66. The van der Waals surface area contributed by atoms with E-state index in [4.69, 9.17) is 19.3 Å². The molecule has 0 aromatic heterocycles. The summed E-state index contributed by atoms with van der Waals surface area (Å²) in [5, 5.41) is 9.01. The minimum absolute atomic E-state index is 0.344. The van der Waals surface area contributed by atoms with E-state index in [0.29, 0.717) is 23.3 Å². The van der Waals surface area contributed by atoms with Crippen molar-refractivity contribution in [2.24, 2.45) is 0 Å². The van der Waals surface area contributed by atoms with E-state index in [1.54, 1.807) is 33.5 Å². The van der Waals surface area contributed by atoms with Gasteiger partial charge in [0, 0.05) is 0 Å². The number of phenols is 1. The molecule has 4 heteroatoms. The summed E-state index contributed by atoms with van der Waals surface area (Å²) in [7, 11) is 4.89. The molecular weight excluding hydrogens is 340 g/mol. The second kappa shape index (κ2) is 11.4. The van der Waals surface area contributed by atoms with Gasteiger partial charge in [-0.3, -0.25) is 0 Å². The van der Waals surface area contributed by atoms with E-state index in [-0.39, 0.29) is 0 Å². The number of phenolic OH excluding ortho intramolecular Hbond substituents is 1. The smallest absolute Gasteiger partial charge is 0.203 e. The van der Waals surface area contributed by atoms with Gasteiger partial charge in [-0.1, -0.05) is 39.8 Å². The van der Waals surface area contributed by atoms with Crippen LogP contribution in [0.25, 0.3) is 0 Å². The lowest BCUT2D eigenvalue weighted by Gasteiger charge is -2.16. The summed E-state index contributed by atoms with van der Waals surface area (Å²) in [4.78, 5) is 0. The molecule has 1 N–H and O–H groups in total. The molecule has 150 valence electrons. The number of benzene rings is 2. The van der Waals surface area contributed by atoms with Crippen molar-refractivity contribution in [1.29, 1.82) is 0 Å². The summed E-state index contributed by atoms with van der Waals surface area (Å²) < 4.78 is 15.9. The molecule has 2 aromatic carbocycles. The zero-order valence-electron chi connectivity index (χ0n) is 17.7. The summed E-state index contributed by atoms with van der Waals surface area (Å²) in [5.74, 6) is 3.51. The van der Waals surface area contributed by atoms with Gasteiger partial charge in [0.1, 0.15) is 5.75 Å². The molecule has 0 fully saturated rings. The summed E-state index contributed by atoms with van der Waals surface area (Å²) in [6, 6.07) is 11.4. The average Bonchev–Trinajstić information content (AvgIpc) is 2.72. The van der Waals surface area contributed by atoms with Gasteiger partial charge < -0.3 is 19.3 Å². The maximum absolute atomic E-state index is 9.01. The van der Waals surface area contributed by atoms with E-state index in [1.807, 2.05) is 24.3 Å². The highest BCUT2D eigenvalue weighted by Gasteiger charge is 2.15. The second-order valence-corrected chi connectivity index (χ2v) is 6.67. The first-order valence-corrected chi connectivity index (χ1v) is 9.50. The normalized spacial score (nSPS) is 12.4. The Kier molecular flexibility index (Phi) is 9.55. The van der Waals surface area contributed by atoms with Gasteiger partial charge in [0.2, 0.25) is 5.75 Å². The first-order chi connectivity index (χ1) is 12.9. The Morgan fingerprint density at radius 3 is 1.56 bits per heavy atom. The second-order valence-electron chi connectivity index (χ2n) is 6.67. The number of hydrogen-bond donors (Lipinski definition) is 1. The quantitative estimate of drug-likeness (QED) is 0.633. The average molecular weight is 375 g/mol. The van der Waals surface area contributed by atoms with Crippen LogP contribution in [0.5, 0.6) is 23.0 Å². The first-order valence-electron chi connectivity index (χ1n) is 9.50. The van der Waals surface area contributed by atoms with Crippen LogP contribution in [0, 0.1) is 0 Å². The van der Waals surface area contributed by atoms with Crippen LogP contribution in [0.15, 0.2) is 36.4 Å². The molecule has 0 aliphatic carbocycles.